The molecule has 1 aromatic carbocycles. The second-order valence-electron chi connectivity index (χ2n) is 3.66. The van der Waals surface area contributed by atoms with Crippen molar-refractivity contribution >= 4 is 5.97 Å². The van der Waals surface area contributed by atoms with Gasteiger partial charge in [-0.15, -0.1) is 0 Å². The second kappa shape index (κ2) is 5.27. The van der Waals surface area contributed by atoms with Crippen molar-refractivity contribution in [3.05, 3.63) is 47.8 Å². The van der Waals surface area contributed by atoms with Crippen molar-refractivity contribution in [2.75, 3.05) is 0 Å². The van der Waals surface area contributed by atoms with Gasteiger partial charge in [0.05, 0.1) is 5.56 Å². The van der Waals surface area contributed by atoms with Gasteiger partial charge in [-0.25, -0.2) is 14.8 Å². The Morgan fingerprint density at radius 2 is 2.06 bits per heavy atom. The Kier molecular flexibility index (Phi) is 3.52. The Bertz CT molecular complexity index is 552. The van der Waals surface area contributed by atoms with E-state index in [0.717, 1.165) is 12.0 Å². The number of rotatable bonds is 4. The zero-order valence-electron chi connectivity index (χ0n) is 9.83. The van der Waals surface area contributed by atoms with Crippen molar-refractivity contribution in [3.8, 4) is 11.8 Å². The Hall–Kier alpha value is -2.43. The average Bonchev–Trinajstić information content (AvgIpc) is 2.39. The number of aryl methyl sites for hydroxylation is 1. The van der Waals surface area contributed by atoms with Crippen LogP contribution < -0.4 is 4.74 Å². The van der Waals surface area contributed by atoms with Gasteiger partial charge in [-0.2, -0.15) is 0 Å². The highest BCUT2D eigenvalue weighted by atomic mass is 16.5. The van der Waals surface area contributed by atoms with Crippen molar-refractivity contribution in [2.24, 2.45) is 0 Å². The van der Waals surface area contributed by atoms with E-state index in [-0.39, 0.29) is 11.6 Å². The fourth-order valence-electron chi connectivity index (χ4n) is 1.41. The summed E-state index contributed by atoms with van der Waals surface area (Å²) in [6.07, 6.45) is 3.35. The van der Waals surface area contributed by atoms with E-state index in [2.05, 4.69) is 16.9 Å². The molecule has 0 aliphatic rings. The molecule has 0 saturated heterocycles. The minimum absolute atomic E-state index is 0.0321. The zero-order chi connectivity index (χ0) is 13.0. The molecule has 0 spiro atoms. The van der Waals surface area contributed by atoms with Crippen LogP contribution in [-0.4, -0.2) is 21.0 Å². The van der Waals surface area contributed by atoms with Gasteiger partial charge in [0.2, 0.25) is 0 Å². The highest BCUT2D eigenvalue weighted by Crippen LogP contribution is 2.19. The summed E-state index contributed by atoms with van der Waals surface area (Å²) >= 11 is 0. The van der Waals surface area contributed by atoms with E-state index in [1.165, 1.54) is 12.4 Å². The highest BCUT2D eigenvalue weighted by Gasteiger charge is 2.05. The van der Waals surface area contributed by atoms with Crippen LogP contribution in [-0.2, 0) is 6.42 Å². The SMILES string of the molecule is CCc1cccc(Oc2ncc(C(=O)O)cn2)c1. The first-order chi connectivity index (χ1) is 8.69. The normalized spacial score (nSPS) is 10.1. The van der Waals surface area contributed by atoms with Gasteiger partial charge in [-0.1, -0.05) is 19.1 Å². The van der Waals surface area contributed by atoms with Crippen LogP contribution in [0.5, 0.6) is 11.8 Å². The van der Waals surface area contributed by atoms with E-state index < -0.39 is 5.97 Å². The number of carboxylic acids is 1. The first kappa shape index (κ1) is 12.0. The molecule has 92 valence electrons. The molecule has 1 heterocycles. The van der Waals surface area contributed by atoms with E-state index in [1.54, 1.807) is 6.07 Å². The summed E-state index contributed by atoms with van der Waals surface area (Å²) in [6, 6.07) is 7.72. The standard InChI is InChI=1S/C13H12N2O3/c1-2-9-4-3-5-11(6-9)18-13-14-7-10(8-15-13)12(16)17/h3-8H,2H2,1H3,(H,16,17). The smallest absolute Gasteiger partial charge is 0.338 e. The first-order valence-electron chi connectivity index (χ1n) is 5.51. The van der Waals surface area contributed by atoms with Gasteiger partial charge in [0.1, 0.15) is 5.75 Å². The van der Waals surface area contributed by atoms with Gasteiger partial charge in [-0.05, 0) is 24.1 Å². The Morgan fingerprint density at radius 1 is 1.33 bits per heavy atom. The summed E-state index contributed by atoms with van der Waals surface area (Å²) in [6.45, 7) is 2.05. The molecule has 1 aromatic heterocycles. The summed E-state index contributed by atoms with van der Waals surface area (Å²) in [4.78, 5) is 18.3. The van der Waals surface area contributed by atoms with E-state index in [4.69, 9.17) is 9.84 Å². The van der Waals surface area contributed by atoms with Gasteiger partial charge in [0.25, 0.3) is 0 Å². The predicted octanol–water partition coefficient (Wildman–Crippen LogP) is 2.53. The Morgan fingerprint density at radius 3 is 2.67 bits per heavy atom. The monoisotopic (exact) mass is 244 g/mol. The number of hydrogen-bond donors (Lipinski definition) is 1. The van der Waals surface area contributed by atoms with Gasteiger partial charge >= 0.3 is 12.0 Å². The third-order valence-corrected chi connectivity index (χ3v) is 2.39. The number of nitrogens with zero attached hydrogens (tertiary/aromatic N) is 2. The molecule has 0 aliphatic carbocycles. The number of benzene rings is 1. The molecular formula is C13H12N2O3. The van der Waals surface area contributed by atoms with Crippen molar-refractivity contribution in [1.29, 1.82) is 0 Å². The van der Waals surface area contributed by atoms with Gasteiger partial charge in [0.15, 0.2) is 0 Å². The molecule has 18 heavy (non-hydrogen) atoms. The number of carbonyl (C=O) groups is 1. The fourth-order valence-corrected chi connectivity index (χ4v) is 1.41. The highest BCUT2D eigenvalue weighted by molar-refractivity contribution is 5.86. The molecule has 0 saturated carbocycles. The summed E-state index contributed by atoms with van der Waals surface area (Å²) in [5.74, 6) is -0.424. The third-order valence-electron chi connectivity index (χ3n) is 2.39. The second-order valence-corrected chi connectivity index (χ2v) is 3.66. The lowest BCUT2D eigenvalue weighted by Gasteiger charge is -2.04. The molecular weight excluding hydrogens is 232 g/mol. The number of aromatic carboxylic acids is 1. The van der Waals surface area contributed by atoms with E-state index in [9.17, 15) is 4.79 Å². The molecule has 5 heteroatoms. The summed E-state index contributed by atoms with van der Waals surface area (Å²) in [7, 11) is 0. The number of hydrogen-bond acceptors (Lipinski definition) is 4. The lowest BCUT2D eigenvalue weighted by molar-refractivity contribution is 0.0696. The van der Waals surface area contributed by atoms with E-state index in [0.29, 0.717) is 5.75 Å². The van der Waals surface area contributed by atoms with Gasteiger partial charge in [0, 0.05) is 12.4 Å². The largest absolute Gasteiger partial charge is 0.478 e. The van der Waals surface area contributed by atoms with Crippen LogP contribution in [0.1, 0.15) is 22.8 Å². The van der Waals surface area contributed by atoms with Crippen molar-refractivity contribution in [2.45, 2.75) is 13.3 Å². The van der Waals surface area contributed by atoms with Crippen LogP contribution in [0.3, 0.4) is 0 Å². The quantitative estimate of drug-likeness (QED) is 0.894. The number of aromatic nitrogens is 2. The minimum Gasteiger partial charge on any atom is -0.478 e. The molecule has 2 aromatic rings. The van der Waals surface area contributed by atoms with Crippen molar-refractivity contribution < 1.29 is 14.6 Å². The molecule has 0 radical (unpaired) electrons. The van der Waals surface area contributed by atoms with Crippen LogP contribution in [0.4, 0.5) is 0 Å². The van der Waals surface area contributed by atoms with Crippen LogP contribution in [0, 0.1) is 0 Å². The fraction of sp³-hybridized carbons (Fsp3) is 0.154. The molecule has 0 fully saturated rings. The summed E-state index contributed by atoms with van der Waals surface area (Å²) in [5, 5.41) is 8.71. The Balaban J connectivity index is 2.15. The van der Waals surface area contributed by atoms with Crippen molar-refractivity contribution in [1.82, 2.24) is 9.97 Å². The first-order valence-corrected chi connectivity index (χ1v) is 5.51. The molecule has 0 unspecified atom stereocenters. The lowest BCUT2D eigenvalue weighted by Crippen LogP contribution is -1.99. The van der Waals surface area contributed by atoms with Crippen LogP contribution in [0.25, 0.3) is 0 Å². The van der Waals surface area contributed by atoms with Crippen molar-refractivity contribution in [3.63, 3.8) is 0 Å². The Labute approximate surface area is 104 Å². The molecule has 1 N–H and O–H groups in total. The molecule has 5 nitrogen and oxygen atoms in total. The van der Waals surface area contributed by atoms with Crippen LogP contribution >= 0.6 is 0 Å². The maximum Gasteiger partial charge on any atom is 0.338 e. The molecule has 0 aliphatic heterocycles. The lowest BCUT2D eigenvalue weighted by atomic mass is 10.2. The number of carboxylic acid groups (broad SMARTS) is 1. The summed E-state index contributed by atoms with van der Waals surface area (Å²) < 4.78 is 5.44. The van der Waals surface area contributed by atoms with Gasteiger partial charge < -0.3 is 9.84 Å². The number of ether oxygens (including phenoxy) is 1. The zero-order valence-corrected chi connectivity index (χ0v) is 9.83. The summed E-state index contributed by atoms with van der Waals surface area (Å²) in [5.41, 5.74) is 1.18. The maximum atomic E-state index is 10.6. The molecule has 2 rings (SSSR count). The van der Waals surface area contributed by atoms with Crippen LogP contribution in [0.2, 0.25) is 0 Å². The van der Waals surface area contributed by atoms with E-state index in [1.807, 2.05) is 18.2 Å². The topological polar surface area (TPSA) is 72.3 Å². The minimum atomic E-state index is -1.06. The third kappa shape index (κ3) is 2.82. The molecule has 0 atom stereocenters. The molecule has 0 bridgehead atoms. The predicted molar refractivity (Wildman–Crippen MR) is 64.9 cm³/mol. The van der Waals surface area contributed by atoms with Gasteiger partial charge in [-0.3, -0.25) is 0 Å². The van der Waals surface area contributed by atoms with Crippen LogP contribution in [0.15, 0.2) is 36.7 Å². The average molecular weight is 244 g/mol. The molecule has 0 amide bonds. The maximum absolute atomic E-state index is 10.6. The van der Waals surface area contributed by atoms with E-state index >= 15 is 0 Å².